The Balaban J connectivity index is 2.78. The molecule has 0 aliphatic carbocycles. The van der Waals surface area contributed by atoms with Crippen molar-refractivity contribution in [2.75, 3.05) is 18.5 Å². The summed E-state index contributed by atoms with van der Waals surface area (Å²) >= 11 is 0. The Hall–Kier alpha value is -1.42. The van der Waals surface area contributed by atoms with Crippen LogP contribution in [0.3, 0.4) is 0 Å². The molecule has 0 saturated carbocycles. The van der Waals surface area contributed by atoms with Gasteiger partial charge in [0.1, 0.15) is 5.82 Å². The average molecular weight is 165 g/mol. The molecule has 1 aromatic heterocycles. The molecule has 4 heteroatoms. The molecule has 0 radical (unpaired) electrons. The molecule has 0 aromatic carbocycles. The molecular weight excluding hydrogens is 154 g/mol. The summed E-state index contributed by atoms with van der Waals surface area (Å²) in [4.78, 5) is 16.5. The van der Waals surface area contributed by atoms with Crippen molar-refractivity contribution in [2.24, 2.45) is 5.73 Å². The lowest BCUT2D eigenvalue weighted by Crippen LogP contribution is -2.32. The number of likely N-dealkylation sites (N-methyl/N-ethyl adjacent to an activating group) is 1. The normalized spacial score (nSPS) is 9.50. The molecule has 0 bridgehead atoms. The molecule has 64 valence electrons. The lowest BCUT2D eigenvalue weighted by molar-refractivity contribution is -0.117. The van der Waals surface area contributed by atoms with Crippen LogP contribution in [0.4, 0.5) is 5.82 Å². The number of pyridine rings is 1. The molecule has 1 rings (SSSR count). The van der Waals surface area contributed by atoms with Gasteiger partial charge in [-0.3, -0.25) is 9.69 Å². The molecule has 1 amide bonds. The Morgan fingerprint density at radius 3 is 2.92 bits per heavy atom. The maximum atomic E-state index is 11.1. The van der Waals surface area contributed by atoms with Gasteiger partial charge in [0.15, 0.2) is 0 Å². The standard InChI is InChI=1S/C8H11N3O/c1-11(8(12)6-9)7-4-2-3-5-10-7/h2-5H,6,9H2,1H3. The first-order chi connectivity index (χ1) is 5.75. The highest BCUT2D eigenvalue weighted by Crippen LogP contribution is 2.05. The zero-order chi connectivity index (χ0) is 8.97. The van der Waals surface area contributed by atoms with E-state index in [9.17, 15) is 4.79 Å². The van der Waals surface area contributed by atoms with E-state index in [0.29, 0.717) is 5.82 Å². The molecule has 0 atom stereocenters. The van der Waals surface area contributed by atoms with Crippen LogP contribution in [0.1, 0.15) is 0 Å². The van der Waals surface area contributed by atoms with Gasteiger partial charge >= 0.3 is 0 Å². The zero-order valence-electron chi connectivity index (χ0n) is 6.90. The fourth-order valence-electron chi connectivity index (χ4n) is 0.817. The third-order valence-corrected chi connectivity index (χ3v) is 1.54. The van der Waals surface area contributed by atoms with E-state index in [1.54, 1.807) is 25.4 Å². The minimum atomic E-state index is -0.145. The van der Waals surface area contributed by atoms with E-state index in [1.165, 1.54) is 4.90 Å². The number of amides is 1. The Labute approximate surface area is 71.0 Å². The summed E-state index contributed by atoms with van der Waals surface area (Å²) in [5.41, 5.74) is 5.19. The molecular formula is C8H11N3O. The number of nitrogens with zero attached hydrogens (tertiary/aromatic N) is 2. The van der Waals surface area contributed by atoms with Crippen molar-refractivity contribution < 1.29 is 4.79 Å². The second-order valence-corrected chi connectivity index (χ2v) is 2.34. The number of nitrogens with two attached hydrogens (primary N) is 1. The summed E-state index contributed by atoms with van der Waals surface area (Å²) in [5, 5.41) is 0. The Morgan fingerprint density at radius 2 is 2.42 bits per heavy atom. The molecule has 2 N–H and O–H groups in total. The van der Waals surface area contributed by atoms with Crippen molar-refractivity contribution in [3.05, 3.63) is 24.4 Å². The Bertz CT molecular complexity index is 260. The van der Waals surface area contributed by atoms with Crippen molar-refractivity contribution >= 4 is 11.7 Å². The van der Waals surface area contributed by atoms with Gasteiger partial charge in [0.05, 0.1) is 6.54 Å². The van der Waals surface area contributed by atoms with E-state index in [0.717, 1.165) is 0 Å². The van der Waals surface area contributed by atoms with Gasteiger partial charge < -0.3 is 5.73 Å². The van der Waals surface area contributed by atoms with E-state index in [-0.39, 0.29) is 12.5 Å². The third-order valence-electron chi connectivity index (χ3n) is 1.54. The summed E-state index contributed by atoms with van der Waals surface area (Å²) < 4.78 is 0. The van der Waals surface area contributed by atoms with Gasteiger partial charge in [-0.25, -0.2) is 4.98 Å². The van der Waals surface area contributed by atoms with Gasteiger partial charge in [-0.15, -0.1) is 0 Å². The van der Waals surface area contributed by atoms with Crippen molar-refractivity contribution in [1.29, 1.82) is 0 Å². The number of hydrogen-bond acceptors (Lipinski definition) is 3. The summed E-state index contributed by atoms with van der Waals surface area (Å²) in [6.07, 6.45) is 1.63. The summed E-state index contributed by atoms with van der Waals surface area (Å²) in [7, 11) is 1.65. The van der Waals surface area contributed by atoms with E-state index < -0.39 is 0 Å². The van der Waals surface area contributed by atoms with Crippen LogP contribution in [0, 0.1) is 0 Å². The topological polar surface area (TPSA) is 59.2 Å². The van der Waals surface area contributed by atoms with Gasteiger partial charge in [-0.1, -0.05) is 6.07 Å². The van der Waals surface area contributed by atoms with E-state index in [4.69, 9.17) is 5.73 Å². The van der Waals surface area contributed by atoms with Gasteiger partial charge in [0, 0.05) is 13.2 Å². The van der Waals surface area contributed by atoms with Crippen LogP contribution in [0.15, 0.2) is 24.4 Å². The van der Waals surface area contributed by atoms with Crippen molar-refractivity contribution in [1.82, 2.24) is 4.98 Å². The predicted octanol–water partition coefficient (Wildman–Crippen LogP) is 0.00310. The maximum absolute atomic E-state index is 11.1. The van der Waals surface area contributed by atoms with Gasteiger partial charge in [-0.2, -0.15) is 0 Å². The Morgan fingerprint density at radius 1 is 1.67 bits per heavy atom. The largest absolute Gasteiger partial charge is 0.322 e. The first-order valence-corrected chi connectivity index (χ1v) is 3.63. The predicted molar refractivity (Wildman–Crippen MR) is 46.7 cm³/mol. The highest BCUT2D eigenvalue weighted by Gasteiger charge is 2.07. The second kappa shape index (κ2) is 3.82. The van der Waals surface area contributed by atoms with Crippen LogP contribution in [-0.2, 0) is 4.79 Å². The van der Waals surface area contributed by atoms with Crippen LogP contribution < -0.4 is 10.6 Å². The number of aromatic nitrogens is 1. The fraction of sp³-hybridized carbons (Fsp3) is 0.250. The number of carbonyl (C=O) groups is 1. The molecule has 12 heavy (non-hydrogen) atoms. The highest BCUT2D eigenvalue weighted by molar-refractivity contribution is 5.93. The third kappa shape index (κ3) is 1.79. The number of rotatable bonds is 2. The highest BCUT2D eigenvalue weighted by atomic mass is 16.2. The smallest absolute Gasteiger partial charge is 0.241 e. The van der Waals surface area contributed by atoms with E-state index >= 15 is 0 Å². The quantitative estimate of drug-likeness (QED) is 0.671. The zero-order valence-corrected chi connectivity index (χ0v) is 6.90. The molecule has 0 saturated heterocycles. The molecule has 1 heterocycles. The molecule has 0 fully saturated rings. The van der Waals surface area contributed by atoms with Crippen molar-refractivity contribution in [3.63, 3.8) is 0 Å². The van der Waals surface area contributed by atoms with E-state index in [2.05, 4.69) is 4.98 Å². The molecule has 0 aliphatic heterocycles. The average Bonchev–Trinajstić information content (AvgIpc) is 2.17. The van der Waals surface area contributed by atoms with E-state index in [1.807, 2.05) is 6.07 Å². The van der Waals surface area contributed by atoms with Crippen molar-refractivity contribution in [2.45, 2.75) is 0 Å². The summed E-state index contributed by atoms with van der Waals surface area (Å²) in [6, 6.07) is 5.38. The maximum Gasteiger partial charge on any atom is 0.241 e. The van der Waals surface area contributed by atoms with Crippen LogP contribution in [0.25, 0.3) is 0 Å². The summed E-state index contributed by atoms with van der Waals surface area (Å²) in [6.45, 7) is 0.00702. The molecule has 0 aliphatic rings. The number of carbonyl (C=O) groups excluding carboxylic acids is 1. The Kier molecular flexibility index (Phi) is 2.76. The van der Waals surface area contributed by atoms with Crippen LogP contribution >= 0.6 is 0 Å². The molecule has 0 unspecified atom stereocenters. The second-order valence-electron chi connectivity index (χ2n) is 2.34. The SMILES string of the molecule is CN(C(=O)CN)c1ccccn1. The van der Waals surface area contributed by atoms with Crippen LogP contribution in [0.5, 0.6) is 0 Å². The minimum absolute atomic E-state index is 0.00702. The van der Waals surface area contributed by atoms with Crippen molar-refractivity contribution in [3.8, 4) is 0 Å². The molecule has 4 nitrogen and oxygen atoms in total. The monoisotopic (exact) mass is 165 g/mol. The summed E-state index contributed by atoms with van der Waals surface area (Å²) in [5.74, 6) is 0.474. The number of hydrogen-bond donors (Lipinski definition) is 1. The molecule has 0 spiro atoms. The minimum Gasteiger partial charge on any atom is -0.322 e. The van der Waals surface area contributed by atoms with Crippen LogP contribution in [0.2, 0.25) is 0 Å². The fourth-order valence-corrected chi connectivity index (χ4v) is 0.817. The van der Waals surface area contributed by atoms with Crippen LogP contribution in [-0.4, -0.2) is 24.5 Å². The molecule has 1 aromatic rings. The van der Waals surface area contributed by atoms with Gasteiger partial charge in [0.2, 0.25) is 5.91 Å². The number of anilines is 1. The first-order valence-electron chi connectivity index (χ1n) is 3.63. The first kappa shape index (κ1) is 8.67. The van der Waals surface area contributed by atoms with Gasteiger partial charge in [0.25, 0.3) is 0 Å². The lowest BCUT2D eigenvalue weighted by atomic mass is 10.4. The van der Waals surface area contributed by atoms with Gasteiger partial charge in [-0.05, 0) is 12.1 Å². The lowest BCUT2D eigenvalue weighted by Gasteiger charge is -2.13.